The van der Waals surface area contributed by atoms with E-state index in [0.29, 0.717) is 11.4 Å². The number of aromatic nitrogens is 4. The van der Waals surface area contributed by atoms with Crippen LogP contribution in [0.3, 0.4) is 0 Å². The molecule has 116 valence electrons. The molecule has 1 aromatic carbocycles. The number of primary amides is 1. The van der Waals surface area contributed by atoms with Gasteiger partial charge in [0, 0.05) is 18.6 Å². The number of nitrogens with two attached hydrogens (primary N) is 1. The molecule has 0 spiro atoms. The predicted molar refractivity (Wildman–Crippen MR) is 82.9 cm³/mol. The summed E-state index contributed by atoms with van der Waals surface area (Å²) in [7, 11) is 0. The molecular weight excluding hydrogens is 296 g/mol. The lowest BCUT2D eigenvalue weighted by Gasteiger charge is -2.11. The smallest absolute Gasteiger partial charge is 0.269 e. The molecule has 0 unspecified atom stereocenters. The van der Waals surface area contributed by atoms with E-state index in [1.807, 2.05) is 6.07 Å². The van der Waals surface area contributed by atoms with Crippen LogP contribution in [-0.4, -0.2) is 31.4 Å². The standard InChI is InChI=1S/C15H14N6O2/c16-15(23)12-6-9-21(19-12)13-5-2-1-4-11(13)18-14(22)10-20-8-3-7-17-20/h1-9H,10H2,(H2,16,23)(H,18,22). The van der Waals surface area contributed by atoms with Crippen LogP contribution in [0.2, 0.25) is 0 Å². The van der Waals surface area contributed by atoms with Crippen molar-refractivity contribution >= 4 is 17.5 Å². The summed E-state index contributed by atoms with van der Waals surface area (Å²) in [5.74, 6) is -0.827. The number of para-hydroxylation sites is 2. The summed E-state index contributed by atoms with van der Waals surface area (Å²) in [6, 6.07) is 10.4. The quantitative estimate of drug-likeness (QED) is 0.726. The van der Waals surface area contributed by atoms with Crippen LogP contribution in [0.5, 0.6) is 0 Å². The highest BCUT2D eigenvalue weighted by Crippen LogP contribution is 2.19. The van der Waals surface area contributed by atoms with Crippen molar-refractivity contribution in [2.75, 3.05) is 5.32 Å². The fourth-order valence-electron chi connectivity index (χ4n) is 2.10. The molecule has 2 heterocycles. The van der Waals surface area contributed by atoms with Crippen molar-refractivity contribution in [3.63, 3.8) is 0 Å². The molecule has 2 amide bonds. The largest absolute Gasteiger partial charge is 0.364 e. The molecule has 23 heavy (non-hydrogen) atoms. The maximum absolute atomic E-state index is 12.1. The fraction of sp³-hybridized carbons (Fsp3) is 0.0667. The minimum atomic E-state index is -0.607. The molecule has 0 aliphatic heterocycles. The number of benzene rings is 1. The monoisotopic (exact) mass is 310 g/mol. The van der Waals surface area contributed by atoms with E-state index < -0.39 is 5.91 Å². The number of hydrogen-bond acceptors (Lipinski definition) is 4. The second-order valence-electron chi connectivity index (χ2n) is 4.78. The van der Waals surface area contributed by atoms with Gasteiger partial charge in [0.2, 0.25) is 5.91 Å². The summed E-state index contributed by atoms with van der Waals surface area (Å²) >= 11 is 0. The number of hydrogen-bond donors (Lipinski definition) is 2. The van der Waals surface area contributed by atoms with Gasteiger partial charge in [-0.2, -0.15) is 10.2 Å². The number of nitrogens with one attached hydrogen (secondary N) is 1. The van der Waals surface area contributed by atoms with Crippen LogP contribution >= 0.6 is 0 Å². The Labute approximate surface area is 131 Å². The van der Waals surface area contributed by atoms with Gasteiger partial charge in [0.25, 0.3) is 5.91 Å². The molecule has 3 rings (SSSR count). The summed E-state index contributed by atoms with van der Waals surface area (Å²) in [6.07, 6.45) is 4.92. The third-order valence-electron chi connectivity index (χ3n) is 3.13. The second kappa shape index (κ2) is 6.14. The van der Waals surface area contributed by atoms with Gasteiger partial charge in [-0.3, -0.25) is 14.3 Å². The van der Waals surface area contributed by atoms with Gasteiger partial charge in [-0.15, -0.1) is 0 Å². The van der Waals surface area contributed by atoms with Crippen LogP contribution in [0, 0.1) is 0 Å². The third-order valence-corrected chi connectivity index (χ3v) is 3.13. The first-order valence-corrected chi connectivity index (χ1v) is 6.85. The Morgan fingerprint density at radius 1 is 1.13 bits per heavy atom. The van der Waals surface area contributed by atoms with E-state index in [9.17, 15) is 9.59 Å². The van der Waals surface area contributed by atoms with E-state index in [1.165, 1.54) is 15.4 Å². The van der Waals surface area contributed by atoms with Crippen molar-refractivity contribution in [1.29, 1.82) is 0 Å². The molecule has 0 fully saturated rings. The number of carbonyl (C=O) groups is 2. The Balaban J connectivity index is 1.82. The lowest BCUT2D eigenvalue weighted by molar-refractivity contribution is -0.116. The van der Waals surface area contributed by atoms with Gasteiger partial charge in [-0.05, 0) is 24.3 Å². The Hall–Kier alpha value is -3.42. The van der Waals surface area contributed by atoms with Gasteiger partial charge in [0.15, 0.2) is 0 Å². The summed E-state index contributed by atoms with van der Waals surface area (Å²) in [4.78, 5) is 23.3. The molecule has 0 radical (unpaired) electrons. The number of anilines is 1. The van der Waals surface area contributed by atoms with E-state index >= 15 is 0 Å². The molecule has 0 saturated carbocycles. The molecule has 0 saturated heterocycles. The molecule has 3 aromatic rings. The third kappa shape index (κ3) is 3.26. The van der Waals surface area contributed by atoms with Crippen LogP contribution in [0.4, 0.5) is 5.69 Å². The molecule has 0 aliphatic rings. The highest BCUT2D eigenvalue weighted by atomic mass is 16.2. The first-order chi connectivity index (χ1) is 11.1. The highest BCUT2D eigenvalue weighted by molar-refractivity contribution is 5.93. The van der Waals surface area contributed by atoms with Crippen molar-refractivity contribution in [3.05, 3.63) is 60.7 Å². The Morgan fingerprint density at radius 2 is 1.96 bits per heavy atom. The summed E-state index contributed by atoms with van der Waals surface area (Å²) < 4.78 is 3.01. The highest BCUT2D eigenvalue weighted by Gasteiger charge is 2.11. The van der Waals surface area contributed by atoms with Gasteiger partial charge < -0.3 is 11.1 Å². The molecule has 0 bridgehead atoms. The van der Waals surface area contributed by atoms with Crippen molar-refractivity contribution in [2.45, 2.75) is 6.54 Å². The molecule has 8 nitrogen and oxygen atoms in total. The summed E-state index contributed by atoms with van der Waals surface area (Å²) in [5.41, 5.74) is 6.57. The topological polar surface area (TPSA) is 108 Å². The normalized spacial score (nSPS) is 10.4. The van der Waals surface area contributed by atoms with Gasteiger partial charge >= 0.3 is 0 Å². The number of carbonyl (C=O) groups excluding carboxylic acids is 2. The minimum absolute atomic E-state index is 0.104. The van der Waals surface area contributed by atoms with Gasteiger partial charge in [-0.25, -0.2) is 4.68 Å². The van der Waals surface area contributed by atoms with Crippen molar-refractivity contribution in [3.8, 4) is 5.69 Å². The Bertz CT molecular complexity index is 837. The average molecular weight is 310 g/mol. The lowest BCUT2D eigenvalue weighted by atomic mass is 10.2. The van der Waals surface area contributed by atoms with Crippen molar-refractivity contribution in [1.82, 2.24) is 19.6 Å². The first-order valence-electron chi connectivity index (χ1n) is 6.85. The maximum Gasteiger partial charge on any atom is 0.269 e. The van der Waals surface area contributed by atoms with E-state index in [2.05, 4.69) is 15.5 Å². The van der Waals surface area contributed by atoms with Crippen LogP contribution < -0.4 is 11.1 Å². The molecular formula is C15H14N6O2. The van der Waals surface area contributed by atoms with E-state index in [1.54, 1.807) is 42.9 Å². The minimum Gasteiger partial charge on any atom is -0.364 e. The van der Waals surface area contributed by atoms with E-state index in [0.717, 1.165) is 0 Å². The molecule has 3 N–H and O–H groups in total. The fourth-order valence-corrected chi connectivity index (χ4v) is 2.10. The summed E-state index contributed by atoms with van der Waals surface area (Å²) in [6.45, 7) is 0.104. The van der Waals surface area contributed by atoms with Crippen LogP contribution in [0.25, 0.3) is 5.69 Å². The van der Waals surface area contributed by atoms with Crippen LogP contribution in [-0.2, 0) is 11.3 Å². The lowest BCUT2D eigenvalue weighted by Crippen LogP contribution is -2.20. The maximum atomic E-state index is 12.1. The Morgan fingerprint density at radius 3 is 2.65 bits per heavy atom. The van der Waals surface area contributed by atoms with E-state index in [-0.39, 0.29) is 18.1 Å². The zero-order valence-corrected chi connectivity index (χ0v) is 12.1. The molecule has 0 atom stereocenters. The first kappa shape index (κ1) is 14.5. The zero-order valence-electron chi connectivity index (χ0n) is 12.1. The van der Waals surface area contributed by atoms with Crippen molar-refractivity contribution in [2.24, 2.45) is 5.73 Å². The SMILES string of the molecule is NC(=O)c1ccn(-c2ccccc2NC(=O)Cn2cccn2)n1. The van der Waals surface area contributed by atoms with Gasteiger partial charge in [0.05, 0.1) is 11.4 Å². The number of amides is 2. The Kier molecular flexibility index (Phi) is 3.88. The van der Waals surface area contributed by atoms with Crippen molar-refractivity contribution < 1.29 is 9.59 Å². The average Bonchev–Trinajstić information content (AvgIpc) is 3.19. The van der Waals surface area contributed by atoms with Gasteiger partial charge in [0.1, 0.15) is 12.2 Å². The van der Waals surface area contributed by atoms with E-state index in [4.69, 9.17) is 5.73 Å². The zero-order chi connectivity index (χ0) is 16.2. The van der Waals surface area contributed by atoms with Crippen LogP contribution in [0.15, 0.2) is 55.0 Å². The predicted octanol–water partition coefficient (Wildman–Crippen LogP) is 0.806. The molecule has 8 heteroatoms. The summed E-state index contributed by atoms with van der Waals surface area (Å²) in [5, 5.41) is 10.9. The second-order valence-corrected chi connectivity index (χ2v) is 4.78. The molecule has 0 aliphatic carbocycles. The molecule has 2 aromatic heterocycles. The number of rotatable bonds is 5. The van der Waals surface area contributed by atoms with Gasteiger partial charge in [-0.1, -0.05) is 12.1 Å². The number of nitrogens with zero attached hydrogens (tertiary/aromatic N) is 4. The van der Waals surface area contributed by atoms with Crippen LogP contribution in [0.1, 0.15) is 10.5 Å².